The molecular formula is C92H134N22O21. The number of H-pyrrole nitrogens is 1. The first-order valence-corrected chi connectivity index (χ1v) is 45.9. The molecule has 135 heavy (non-hydrogen) atoms. The lowest BCUT2D eigenvalue weighted by molar-refractivity contribution is -0.149. The molecular weight excluding hydrogens is 1750 g/mol. The number of carboxylic acid groups (broad SMARTS) is 1. The molecule has 15 atom stereocenters. The fraction of sp³-hybridized carbons (Fsp3) is 0.565. The molecule has 3 aliphatic heterocycles. The average Bonchev–Trinajstić information content (AvgIpc) is 1.66. The zero-order chi connectivity index (χ0) is 99.4. The number of rotatable bonds is 27. The van der Waals surface area contributed by atoms with Crippen LogP contribution in [0.15, 0.2) is 85.2 Å². The number of para-hydroxylation sites is 2. The first kappa shape index (κ1) is 107. The Hall–Kier alpha value is -13.2. The summed E-state index contributed by atoms with van der Waals surface area (Å²) in [6, 6.07) is -1.34. The number of nitrogens with zero attached hydrogens (tertiary/aromatic N) is 6. The molecule has 3 aliphatic rings. The van der Waals surface area contributed by atoms with E-state index in [4.69, 9.17) is 27.7 Å². The number of aromatic nitrogens is 2. The van der Waals surface area contributed by atoms with E-state index in [1.165, 1.54) is 45.9 Å². The molecule has 0 aliphatic carbocycles. The highest BCUT2D eigenvalue weighted by atomic mass is 16.5. The van der Waals surface area contributed by atoms with Gasteiger partial charge in [0.2, 0.25) is 100 Å². The van der Waals surface area contributed by atoms with Crippen molar-refractivity contribution in [3.63, 3.8) is 0 Å². The molecule has 0 spiro atoms. The summed E-state index contributed by atoms with van der Waals surface area (Å²) in [5.41, 5.74) is 26.0. The number of nitrogens with one attached hydrogen (secondary N) is 12. The lowest BCUT2D eigenvalue weighted by Crippen LogP contribution is -2.62. The average molecular weight is 1880 g/mol. The second-order valence-corrected chi connectivity index (χ2v) is 35.6. The molecule has 0 saturated carbocycles. The van der Waals surface area contributed by atoms with Gasteiger partial charge in [0.1, 0.15) is 96.9 Å². The van der Waals surface area contributed by atoms with Crippen LogP contribution in [0.3, 0.4) is 0 Å². The maximum atomic E-state index is 16.0. The van der Waals surface area contributed by atoms with Crippen molar-refractivity contribution >= 4 is 128 Å². The van der Waals surface area contributed by atoms with Crippen molar-refractivity contribution in [2.24, 2.45) is 34.8 Å². The number of primary amides is 2. The Kier molecular flexibility index (Phi) is 40.3. The van der Waals surface area contributed by atoms with Gasteiger partial charge in [-0.3, -0.25) is 86.3 Å². The monoisotopic (exact) mass is 1880 g/mol. The van der Waals surface area contributed by atoms with Crippen LogP contribution in [-0.2, 0) is 112 Å². The van der Waals surface area contributed by atoms with Crippen LogP contribution >= 0.6 is 0 Å². The third-order valence-electron chi connectivity index (χ3n) is 24.4. The number of fused-ring (bicyclic) bond motifs is 4. The van der Waals surface area contributed by atoms with Gasteiger partial charge in [0.15, 0.2) is 0 Å². The molecule has 3 saturated heterocycles. The molecule has 5 heterocycles. The number of aliphatic hydroxyl groups excluding tert-OH is 1. The Balaban J connectivity index is 1.21. The number of hydrogen-bond acceptors (Lipinski definition) is 23. The van der Waals surface area contributed by atoms with E-state index in [1.54, 1.807) is 107 Å². The van der Waals surface area contributed by atoms with Crippen LogP contribution in [0.1, 0.15) is 149 Å². The molecule has 738 valence electrons. The molecule has 8 rings (SSSR count). The number of benzene rings is 3. The topological polar surface area (TPSA) is 630 Å². The minimum Gasteiger partial charge on any atom is -0.497 e. The second kappa shape index (κ2) is 50.8. The molecule has 17 amide bonds. The fourth-order valence-corrected chi connectivity index (χ4v) is 17.0. The lowest BCUT2D eigenvalue weighted by atomic mass is 9.99. The maximum Gasteiger partial charge on any atom is 0.323 e. The molecule has 3 fully saturated rings. The lowest BCUT2D eigenvalue weighted by Gasteiger charge is -2.36. The molecule has 22 N–H and O–H groups in total. The summed E-state index contributed by atoms with van der Waals surface area (Å²) >= 11 is 0. The summed E-state index contributed by atoms with van der Waals surface area (Å²) in [7, 11) is 5.36. The van der Waals surface area contributed by atoms with Crippen LogP contribution in [0.4, 0.5) is 0 Å². The number of unbranched alkanes of at least 4 members (excludes halogenated alkanes) is 2. The summed E-state index contributed by atoms with van der Waals surface area (Å²) in [4.78, 5) is 271. The standard InChI is InChI=1S/C92H134N22O21/c1-12-14-24-71-85(127)102-62(35-50(3)4)82(124)108-69(80(122)99-45-76(96)117)44-97-46-77(118)100-65(37-53-28-30-57(135-11)31-29-53)88(130)109(8)52(7)79(121)104-67(41-75(95)116)90(132)113-34-20-27-72(113)86(128)107-68(42-94)84(126)105-64(36-51(5)6)91(133)114-48-56(115)40-74(114)87(129)103-63(38-54-43-98-60-23-18-16-21-58(54)60)83(125)101-61(32-33-93)81(123)106-66(89(131)111(10)73(25-15-13-2)92(134)110(71)9)39-55-47-112(49-78(119)120)70-26-19-17-22-59(55)70/h16-19,21-23,26,28-31,43,47,50-52,56,61-69,71-74,97-98,115H,12-15,20,24-25,27,32-42,44-46,48-49,93-94H2,1-11H3,(H2,95,116)(H2,96,117)(H,99,122)(H,100,118)(H,101,125)(H,102,127)(H,103,129)(H,104,121)(H,105,126)(H,106,123)(H,107,128)(H,108,124)(H,119,120)/t52-,56+,61-,62-,63-,64-,65-,66-,67-,68-,69-,71-,72-,73-,74-/m0/s1. The molecule has 2 aromatic heterocycles. The predicted molar refractivity (Wildman–Crippen MR) is 495 cm³/mol. The number of aliphatic hydroxyl groups is 1. The van der Waals surface area contributed by atoms with Gasteiger partial charge in [-0.05, 0) is 111 Å². The van der Waals surface area contributed by atoms with E-state index in [0.717, 1.165) is 24.5 Å². The van der Waals surface area contributed by atoms with Gasteiger partial charge in [-0.1, -0.05) is 116 Å². The summed E-state index contributed by atoms with van der Waals surface area (Å²) in [6.07, 6.45) is 1.02. The minimum absolute atomic E-state index is 0.000947. The molecule has 43 nitrogen and oxygen atoms in total. The summed E-state index contributed by atoms with van der Waals surface area (Å²) in [6.45, 7) is 8.04. The number of carbonyl (C=O) groups is 18. The number of hydrogen-bond donors (Lipinski definition) is 18. The molecule has 3 aromatic carbocycles. The molecule has 43 heteroatoms. The summed E-state index contributed by atoms with van der Waals surface area (Å²) < 4.78 is 6.78. The van der Waals surface area contributed by atoms with Crippen molar-refractivity contribution in [2.45, 2.75) is 248 Å². The number of ether oxygens (including phenoxy) is 1. The number of aromatic amines is 1. The van der Waals surface area contributed by atoms with E-state index < -0.39 is 243 Å². The van der Waals surface area contributed by atoms with Gasteiger partial charge >= 0.3 is 5.97 Å². The van der Waals surface area contributed by atoms with Crippen molar-refractivity contribution in [1.29, 1.82) is 0 Å². The number of likely N-dealkylation sites (N-methyl/N-ethyl adjacent to an activating group) is 3. The summed E-state index contributed by atoms with van der Waals surface area (Å²) in [5.74, 6) is -17.3. The first-order valence-electron chi connectivity index (χ1n) is 45.9. The van der Waals surface area contributed by atoms with E-state index in [9.17, 15) is 63.0 Å². The van der Waals surface area contributed by atoms with Gasteiger partial charge in [0, 0.05) is 107 Å². The van der Waals surface area contributed by atoms with Gasteiger partial charge in [-0.2, -0.15) is 0 Å². The zero-order valence-electron chi connectivity index (χ0n) is 78.5. The van der Waals surface area contributed by atoms with E-state index in [0.29, 0.717) is 69.9 Å². The van der Waals surface area contributed by atoms with Crippen molar-refractivity contribution in [3.05, 3.63) is 102 Å². The molecule has 0 bridgehead atoms. The van der Waals surface area contributed by atoms with Crippen molar-refractivity contribution < 1.29 is 101 Å². The third kappa shape index (κ3) is 29.7. The quantitative estimate of drug-likeness (QED) is 0.0248. The van der Waals surface area contributed by atoms with Crippen LogP contribution in [-0.4, -0.2) is 315 Å². The second-order valence-electron chi connectivity index (χ2n) is 35.6. The number of carbonyl (C=O) groups excluding carboxylic acids is 17. The van der Waals surface area contributed by atoms with Crippen LogP contribution in [0.5, 0.6) is 5.75 Å². The Morgan fingerprint density at radius 1 is 0.548 bits per heavy atom. The predicted octanol–water partition coefficient (Wildman–Crippen LogP) is -3.08. The molecule has 5 aromatic rings. The first-order chi connectivity index (χ1) is 64.1. The normalized spacial score (nSPS) is 24.8. The largest absolute Gasteiger partial charge is 0.497 e. The number of carboxylic acids is 1. The Labute approximate surface area is 783 Å². The van der Waals surface area contributed by atoms with E-state index >= 15 is 33.6 Å². The van der Waals surface area contributed by atoms with E-state index in [-0.39, 0.29) is 95.6 Å². The van der Waals surface area contributed by atoms with E-state index in [1.807, 2.05) is 13.8 Å². The number of aliphatic carboxylic acids is 1. The highest BCUT2D eigenvalue weighted by molar-refractivity contribution is 6.03. The minimum atomic E-state index is -1.76. The SMILES string of the molecule is CCCC[C@H]1C(=O)N(C)[C@@H](CCCC)C(=O)N[C@@H](CC(C)C)C(=O)N[C@H](C(=O)NCC(N)=O)CNCC(=O)N[C@@H](Cc2ccc(OC)cc2)C(=O)N(C)[C@@H](C)C(=O)N[C@@H](CC(N)=O)C(=O)N2CCC[C@H]2C(=O)N[C@@H](CN)C(=O)N[C@@H](CC(C)C)C(=O)N2C[C@H](O)C[C@H]2C(=O)N[C@@H](Cc2c[nH]c3ccccc23)C(=O)N[C@@H](CCN)C(=O)N[C@@H](Cc2cn(CC(=O)O)c3ccccc23)C(=O)N1C. The summed E-state index contributed by atoms with van der Waals surface area (Å²) in [5, 5.41) is 52.0. The van der Waals surface area contributed by atoms with Crippen LogP contribution in [0.2, 0.25) is 0 Å². The number of nitrogens with two attached hydrogens (primary N) is 4. The highest BCUT2D eigenvalue weighted by Gasteiger charge is 2.47. The van der Waals surface area contributed by atoms with Gasteiger partial charge in [-0.15, -0.1) is 0 Å². The Morgan fingerprint density at radius 2 is 1.10 bits per heavy atom. The van der Waals surface area contributed by atoms with Gasteiger partial charge in [0.25, 0.3) is 0 Å². The third-order valence-corrected chi connectivity index (χ3v) is 24.4. The number of amides is 17. The van der Waals surface area contributed by atoms with Crippen molar-refractivity contribution in [1.82, 2.24) is 92.5 Å². The van der Waals surface area contributed by atoms with Gasteiger partial charge in [0.05, 0.1) is 32.7 Å². The fourth-order valence-electron chi connectivity index (χ4n) is 17.0. The maximum absolute atomic E-state index is 16.0. The van der Waals surface area contributed by atoms with Gasteiger partial charge < -0.3 is 130 Å². The molecule has 0 radical (unpaired) electrons. The van der Waals surface area contributed by atoms with Crippen molar-refractivity contribution in [2.75, 3.05) is 74.1 Å². The van der Waals surface area contributed by atoms with Crippen molar-refractivity contribution in [3.8, 4) is 5.75 Å². The number of methoxy groups -OCH3 is 1. The Bertz CT molecular complexity index is 5060. The van der Waals surface area contributed by atoms with Gasteiger partial charge in [-0.25, -0.2) is 0 Å². The molecule has 0 unspecified atom stereocenters. The zero-order valence-corrected chi connectivity index (χ0v) is 78.5. The Morgan fingerprint density at radius 3 is 1.73 bits per heavy atom. The van der Waals surface area contributed by atoms with Crippen LogP contribution < -0.4 is 86.2 Å². The van der Waals surface area contributed by atoms with E-state index in [2.05, 4.69) is 63.5 Å². The smallest absolute Gasteiger partial charge is 0.323 e. The van der Waals surface area contributed by atoms with Crippen LogP contribution in [0.25, 0.3) is 21.8 Å². The highest BCUT2D eigenvalue weighted by Crippen LogP contribution is 2.29. The van der Waals surface area contributed by atoms with Crippen LogP contribution in [0, 0.1) is 11.8 Å².